The summed E-state index contributed by atoms with van der Waals surface area (Å²) in [7, 11) is -3.67. The van der Waals surface area contributed by atoms with Crippen molar-refractivity contribution in [1.29, 1.82) is 0 Å². The summed E-state index contributed by atoms with van der Waals surface area (Å²) in [5, 5.41) is 8.81. The number of hydrogen-bond donors (Lipinski definition) is 1. The van der Waals surface area contributed by atoms with Gasteiger partial charge in [-0.1, -0.05) is 60.7 Å². The number of aliphatic hydroxyl groups excluding tert-OH is 1. The minimum Gasteiger partial charge on any atom is -0.396 e. The molecule has 5 nitrogen and oxygen atoms in total. The number of phosphoric ester groups is 1. The third-order valence-corrected chi connectivity index (χ3v) is 4.66. The van der Waals surface area contributed by atoms with E-state index in [-0.39, 0.29) is 26.4 Å². The van der Waals surface area contributed by atoms with Crippen LogP contribution < -0.4 is 0 Å². The summed E-state index contributed by atoms with van der Waals surface area (Å²) < 4.78 is 29.1. The fraction of sp³-hybridized carbons (Fsp3) is 0.333. The first kappa shape index (κ1) is 18.8. The fourth-order valence-electron chi connectivity index (χ4n) is 1.96. The van der Waals surface area contributed by atoms with E-state index < -0.39 is 7.82 Å². The van der Waals surface area contributed by atoms with Gasteiger partial charge in [0.05, 0.1) is 19.8 Å². The van der Waals surface area contributed by atoms with E-state index in [1.54, 1.807) is 0 Å². The maximum atomic E-state index is 12.8. The highest BCUT2D eigenvalue weighted by atomic mass is 31.2. The van der Waals surface area contributed by atoms with Gasteiger partial charge in [0.25, 0.3) is 0 Å². The molecule has 0 aliphatic carbocycles. The maximum absolute atomic E-state index is 12.8. The Bertz CT molecular complexity index is 570. The zero-order chi connectivity index (χ0) is 17.1. The number of phosphoric acid groups is 1. The van der Waals surface area contributed by atoms with Crippen LogP contribution in [0.25, 0.3) is 0 Å². The molecule has 0 amide bonds. The third kappa shape index (κ3) is 6.95. The Balaban J connectivity index is 1.93. The summed E-state index contributed by atoms with van der Waals surface area (Å²) in [6.07, 6.45) is 1.17. The molecule has 0 aliphatic heterocycles. The predicted octanol–water partition coefficient (Wildman–Crippen LogP) is 4.32. The molecular weight excluding hydrogens is 327 g/mol. The Kier molecular flexibility index (Phi) is 8.16. The molecule has 0 spiro atoms. The second-order valence-corrected chi connectivity index (χ2v) is 6.90. The van der Waals surface area contributed by atoms with Crippen molar-refractivity contribution in [1.82, 2.24) is 0 Å². The van der Waals surface area contributed by atoms with Crippen molar-refractivity contribution >= 4 is 7.82 Å². The normalized spacial score (nSPS) is 11.5. The minimum atomic E-state index is -3.67. The van der Waals surface area contributed by atoms with Gasteiger partial charge in [-0.05, 0) is 24.0 Å². The van der Waals surface area contributed by atoms with Crippen LogP contribution in [-0.4, -0.2) is 18.3 Å². The summed E-state index contributed by atoms with van der Waals surface area (Å²) in [6, 6.07) is 18.9. The van der Waals surface area contributed by atoms with Gasteiger partial charge in [-0.3, -0.25) is 13.6 Å². The fourth-order valence-corrected chi connectivity index (χ4v) is 3.15. The highest BCUT2D eigenvalue weighted by molar-refractivity contribution is 7.48. The largest absolute Gasteiger partial charge is 0.475 e. The van der Waals surface area contributed by atoms with Gasteiger partial charge in [0, 0.05) is 6.61 Å². The van der Waals surface area contributed by atoms with Gasteiger partial charge in [0.15, 0.2) is 0 Å². The van der Waals surface area contributed by atoms with Crippen LogP contribution in [0.2, 0.25) is 0 Å². The molecule has 0 bridgehead atoms. The summed E-state index contributed by atoms with van der Waals surface area (Å²) in [6.45, 7) is 0.574. The number of rotatable bonds is 11. The van der Waals surface area contributed by atoms with Crippen LogP contribution >= 0.6 is 7.82 Å². The molecular formula is C18H23O5P. The molecule has 0 radical (unpaired) electrons. The van der Waals surface area contributed by atoms with Crippen molar-refractivity contribution < 1.29 is 23.2 Å². The summed E-state index contributed by atoms with van der Waals surface area (Å²) in [4.78, 5) is 0. The minimum absolute atomic E-state index is 0.0728. The second kappa shape index (κ2) is 10.4. The van der Waals surface area contributed by atoms with Gasteiger partial charge in [0.2, 0.25) is 0 Å². The van der Waals surface area contributed by atoms with Gasteiger partial charge < -0.3 is 5.11 Å². The van der Waals surface area contributed by atoms with Gasteiger partial charge in [0.1, 0.15) is 0 Å². The predicted molar refractivity (Wildman–Crippen MR) is 92.3 cm³/mol. The molecule has 0 aromatic heterocycles. The van der Waals surface area contributed by atoms with E-state index in [1.807, 2.05) is 60.7 Å². The lowest BCUT2D eigenvalue weighted by molar-refractivity contribution is 0.100. The molecule has 0 heterocycles. The lowest BCUT2D eigenvalue weighted by Gasteiger charge is -2.18. The van der Waals surface area contributed by atoms with E-state index in [0.717, 1.165) is 11.1 Å². The van der Waals surface area contributed by atoms with Crippen molar-refractivity contribution in [2.24, 2.45) is 0 Å². The second-order valence-electron chi connectivity index (χ2n) is 5.23. The average Bonchev–Trinajstić information content (AvgIpc) is 2.64. The molecule has 0 saturated carbocycles. The lowest BCUT2D eigenvalue weighted by atomic mass is 10.2. The average molecular weight is 350 g/mol. The molecule has 0 aliphatic rings. The quantitative estimate of drug-likeness (QED) is 0.483. The van der Waals surface area contributed by atoms with E-state index in [9.17, 15) is 4.57 Å². The van der Waals surface area contributed by atoms with Crippen LogP contribution in [0, 0.1) is 0 Å². The van der Waals surface area contributed by atoms with Crippen LogP contribution in [0.15, 0.2) is 60.7 Å². The van der Waals surface area contributed by atoms with Gasteiger partial charge in [-0.15, -0.1) is 0 Å². The number of unbranched alkanes of at least 4 members (excludes halogenated alkanes) is 1. The SMILES string of the molecule is O=P(OCCCCO)(OCc1ccccc1)OCc1ccccc1. The van der Waals surface area contributed by atoms with Crippen molar-refractivity contribution in [3.8, 4) is 0 Å². The first-order valence-corrected chi connectivity index (χ1v) is 9.40. The molecule has 2 aromatic carbocycles. The summed E-state index contributed by atoms with van der Waals surface area (Å²) in [5.74, 6) is 0. The highest BCUT2D eigenvalue weighted by Crippen LogP contribution is 2.51. The van der Waals surface area contributed by atoms with E-state index >= 15 is 0 Å². The molecule has 0 unspecified atom stereocenters. The summed E-state index contributed by atoms with van der Waals surface area (Å²) in [5.41, 5.74) is 1.78. The molecule has 1 N–H and O–H groups in total. The van der Waals surface area contributed by atoms with E-state index in [4.69, 9.17) is 18.7 Å². The van der Waals surface area contributed by atoms with Crippen LogP contribution in [0.1, 0.15) is 24.0 Å². The standard InChI is InChI=1S/C18H23O5P/c19-13-7-8-14-21-24(20,22-15-17-9-3-1-4-10-17)23-16-18-11-5-2-6-12-18/h1-6,9-12,19H,7-8,13-16H2. The Morgan fingerprint density at radius 1 is 0.750 bits per heavy atom. The molecule has 6 heteroatoms. The number of aliphatic hydroxyl groups is 1. The van der Waals surface area contributed by atoms with Gasteiger partial charge in [-0.25, -0.2) is 4.57 Å². The zero-order valence-electron chi connectivity index (χ0n) is 13.5. The van der Waals surface area contributed by atoms with E-state index in [1.165, 1.54) is 0 Å². The smallest absolute Gasteiger partial charge is 0.396 e. The van der Waals surface area contributed by atoms with Crippen LogP contribution in [0.3, 0.4) is 0 Å². The first-order chi connectivity index (χ1) is 11.7. The van der Waals surface area contributed by atoms with Crippen LogP contribution in [0.4, 0.5) is 0 Å². The lowest BCUT2D eigenvalue weighted by Crippen LogP contribution is -2.03. The topological polar surface area (TPSA) is 65.0 Å². The molecule has 2 aromatic rings. The Labute approximate surface area is 142 Å². The summed E-state index contributed by atoms with van der Waals surface area (Å²) >= 11 is 0. The van der Waals surface area contributed by atoms with Crippen molar-refractivity contribution in [3.05, 3.63) is 71.8 Å². The van der Waals surface area contributed by atoms with Gasteiger partial charge >= 0.3 is 7.82 Å². The number of benzene rings is 2. The van der Waals surface area contributed by atoms with Gasteiger partial charge in [-0.2, -0.15) is 0 Å². The molecule has 0 saturated heterocycles. The molecule has 0 fully saturated rings. The molecule has 2 rings (SSSR count). The van der Waals surface area contributed by atoms with Crippen molar-refractivity contribution in [3.63, 3.8) is 0 Å². The first-order valence-electron chi connectivity index (χ1n) is 7.94. The maximum Gasteiger partial charge on any atom is 0.475 e. The third-order valence-electron chi connectivity index (χ3n) is 3.27. The Morgan fingerprint density at radius 2 is 1.25 bits per heavy atom. The monoisotopic (exact) mass is 350 g/mol. The van der Waals surface area contributed by atoms with E-state index in [2.05, 4.69) is 0 Å². The van der Waals surface area contributed by atoms with Crippen LogP contribution in [0.5, 0.6) is 0 Å². The van der Waals surface area contributed by atoms with Crippen molar-refractivity contribution in [2.45, 2.75) is 26.1 Å². The van der Waals surface area contributed by atoms with Crippen LogP contribution in [-0.2, 0) is 31.4 Å². The molecule has 24 heavy (non-hydrogen) atoms. The molecule has 0 atom stereocenters. The zero-order valence-corrected chi connectivity index (χ0v) is 14.4. The number of hydrogen-bond acceptors (Lipinski definition) is 5. The highest BCUT2D eigenvalue weighted by Gasteiger charge is 2.26. The Hall–Kier alpha value is -1.49. The Morgan fingerprint density at radius 3 is 1.71 bits per heavy atom. The van der Waals surface area contributed by atoms with E-state index in [0.29, 0.717) is 12.8 Å². The van der Waals surface area contributed by atoms with Crippen molar-refractivity contribution in [2.75, 3.05) is 13.2 Å². The molecule has 130 valence electrons.